The average molecular weight is 314 g/mol. The van der Waals surface area contributed by atoms with Crippen LogP contribution in [-0.4, -0.2) is 19.0 Å². The minimum Gasteiger partial charge on any atom is -0.330 e. The van der Waals surface area contributed by atoms with E-state index in [0.29, 0.717) is 18.9 Å². The molecule has 23 heavy (non-hydrogen) atoms. The quantitative estimate of drug-likeness (QED) is 0.898. The van der Waals surface area contributed by atoms with Crippen LogP contribution >= 0.6 is 0 Å². The molecule has 1 aromatic carbocycles. The topological polar surface area (TPSA) is 46.3 Å². The summed E-state index contributed by atoms with van der Waals surface area (Å²) in [7, 11) is 0. The summed E-state index contributed by atoms with van der Waals surface area (Å²) in [6.45, 7) is 1.57. The Hall–Kier alpha value is -1.35. The number of rotatable bonds is 5. The van der Waals surface area contributed by atoms with Gasteiger partial charge in [0.05, 0.1) is 0 Å². The average Bonchev–Trinajstić information content (AvgIpc) is 2.60. The van der Waals surface area contributed by atoms with Gasteiger partial charge in [-0.15, -0.1) is 0 Å². The number of carbonyl (C=O) groups is 1. The van der Waals surface area contributed by atoms with E-state index in [0.717, 1.165) is 43.8 Å². The number of hydrogen-bond acceptors (Lipinski definition) is 2. The molecule has 3 heteroatoms. The van der Waals surface area contributed by atoms with E-state index in [1.54, 1.807) is 0 Å². The van der Waals surface area contributed by atoms with Crippen LogP contribution in [0, 0.1) is 5.92 Å². The standard InChI is InChI=1S/C20H30N2O/c21-13-12-17-8-10-19-18(15-17)7-4-14-22(19)20(23)11-9-16-5-2-1-3-6-16/h8,10,15-16H,1-7,9,11-14,21H2. The molecule has 1 aliphatic carbocycles. The summed E-state index contributed by atoms with van der Waals surface area (Å²) in [5.74, 6) is 1.10. The lowest BCUT2D eigenvalue weighted by atomic mass is 9.86. The van der Waals surface area contributed by atoms with Crippen molar-refractivity contribution in [3.8, 4) is 0 Å². The predicted octanol–water partition coefficient (Wildman–Crippen LogP) is 3.83. The maximum atomic E-state index is 12.7. The summed E-state index contributed by atoms with van der Waals surface area (Å²) in [6.07, 6.45) is 11.6. The zero-order chi connectivity index (χ0) is 16.1. The van der Waals surface area contributed by atoms with Crippen molar-refractivity contribution in [1.82, 2.24) is 0 Å². The van der Waals surface area contributed by atoms with E-state index in [4.69, 9.17) is 5.73 Å². The van der Waals surface area contributed by atoms with Crippen LogP contribution in [0.5, 0.6) is 0 Å². The van der Waals surface area contributed by atoms with Crippen molar-refractivity contribution >= 4 is 11.6 Å². The first-order valence-corrected chi connectivity index (χ1v) is 9.40. The van der Waals surface area contributed by atoms with E-state index in [1.165, 1.54) is 43.2 Å². The van der Waals surface area contributed by atoms with Crippen molar-refractivity contribution in [1.29, 1.82) is 0 Å². The fourth-order valence-electron chi connectivity index (χ4n) is 4.17. The summed E-state index contributed by atoms with van der Waals surface area (Å²) in [4.78, 5) is 14.8. The number of carbonyl (C=O) groups excluding carboxylic acids is 1. The van der Waals surface area contributed by atoms with Crippen LogP contribution in [0.25, 0.3) is 0 Å². The van der Waals surface area contributed by atoms with Crippen molar-refractivity contribution < 1.29 is 4.79 Å². The molecule has 1 aromatic rings. The molecule has 126 valence electrons. The second kappa shape index (κ2) is 7.96. The molecular formula is C20H30N2O. The molecule has 2 N–H and O–H groups in total. The van der Waals surface area contributed by atoms with E-state index < -0.39 is 0 Å². The van der Waals surface area contributed by atoms with Crippen molar-refractivity contribution in [3.63, 3.8) is 0 Å². The first-order chi connectivity index (χ1) is 11.3. The predicted molar refractivity (Wildman–Crippen MR) is 95.7 cm³/mol. The second-order valence-corrected chi connectivity index (χ2v) is 7.19. The van der Waals surface area contributed by atoms with Crippen molar-refractivity contribution in [2.75, 3.05) is 18.0 Å². The highest BCUT2D eigenvalue weighted by molar-refractivity contribution is 5.94. The summed E-state index contributed by atoms with van der Waals surface area (Å²) >= 11 is 0. The molecule has 2 aliphatic rings. The third-order valence-electron chi connectivity index (χ3n) is 5.49. The van der Waals surface area contributed by atoms with E-state index in [1.807, 2.05) is 4.90 Å². The number of nitrogens with zero attached hydrogens (tertiary/aromatic N) is 1. The molecule has 0 aromatic heterocycles. The zero-order valence-corrected chi connectivity index (χ0v) is 14.2. The second-order valence-electron chi connectivity index (χ2n) is 7.19. The van der Waals surface area contributed by atoms with Gasteiger partial charge in [-0.2, -0.15) is 0 Å². The van der Waals surface area contributed by atoms with Crippen molar-refractivity contribution in [2.45, 2.75) is 64.2 Å². The molecular weight excluding hydrogens is 284 g/mol. The van der Waals surface area contributed by atoms with Crippen molar-refractivity contribution in [3.05, 3.63) is 29.3 Å². The first kappa shape index (κ1) is 16.5. The molecule has 0 atom stereocenters. The third-order valence-corrected chi connectivity index (χ3v) is 5.49. The highest BCUT2D eigenvalue weighted by Gasteiger charge is 2.23. The maximum absolute atomic E-state index is 12.7. The van der Waals surface area contributed by atoms with Gasteiger partial charge < -0.3 is 10.6 Å². The Kier molecular flexibility index (Phi) is 5.71. The molecule has 1 aliphatic heterocycles. The molecule has 3 rings (SSSR count). The molecule has 0 bridgehead atoms. The van der Waals surface area contributed by atoms with Gasteiger partial charge in [0.2, 0.25) is 5.91 Å². The van der Waals surface area contributed by atoms with Gasteiger partial charge in [0.25, 0.3) is 0 Å². The van der Waals surface area contributed by atoms with Gasteiger partial charge in [-0.1, -0.05) is 44.2 Å². The van der Waals surface area contributed by atoms with Gasteiger partial charge in [0.1, 0.15) is 0 Å². The van der Waals surface area contributed by atoms with Crippen LogP contribution < -0.4 is 10.6 Å². The van der Waals surface area contributed by atoms with Gasteiger partial charge in [-0.3, -0.25) is 4.79 Å². The number of anilines is 1. The van der Waals surface area contributed by atoms with Gasteiger partial charge in [0, 0.05) is 18.7 Å². The number of benzene rings is 1. The summed E-state index contributed by atoms with van der Waals surface area (Å²) < 4.78 is 0. The van der Waals surface area contributed by atoms with Crippen molar-refractivity contribution in [2.24, 2.45) is 11.7 Å². The Morgan fingerprint density at radius 1 is 1.17 bits per heavy atom. The molecule has 0 unspecified atom stereocenters. The minimum atomic E-state index is 0.322. The molecule has 0 spiro atoms. The van der Waals surface area contributed by atoms with Gasteiger partial charge in [-0.25, -0.2) is 0 Å². The molecule has 3 nitrogen and oxygen atoms in total. The van der Waals surface area contributed by atoms with Crippen LogP contribution in [0.4, 0.5) is 5.69 Å². The molecule has 1 heterocycles. The van der Waals surface area contributed by atoms with Crippen LogP contribution in [0.3, 0.4) is 0 Å². The number of aryl methyl sites for hydroxylation is 1. The Labute approximate surface area is 140 Å². The van der Waals surface area contributed by atoms with Crippen LogP contribution in [0.2, 0.25) is 0 Å². The van der Waals surface area contributed by atoms with E-state index in [2.05, 4.69) is 18.2 Å². The Bertz CT molecular complexity index is 534. The highest BCUT2D eigenvalue weighted by atomic mass is 16.2. The van der Waals surface area contributed by atoms with Gasteiger partial charge >= 0.3 is 0 Å². The van der Waals surface area contributed by atoms with Gasteiger partial charge in [0.15, 0.2) is 0 Å². The third kappa shape index (κ3) is 4.14. The Morgan fingerprint density at radius 2 is 2.00 bits per heavy atom. The Morgan fingerprint density at radius 3 is 2.78 bits per heavy atom. The number of amides is 1. The lowest BCUT2D eigenvalue weighted by Crippen LogP contribution is -2.35. The number of nitrogens with two attached hydrogens (primary N) is 1. The van der Waals surface area contributed by atoms with Crippen LogP contribution in [0.15, 0.2) is 18.2 Å². The lowest BCUT2D eigenvalue weighted by molar-refractivity contribution is -0.119. The smallest absolute Gasteiger partial charge is 0.226 e. The largest absolute Gasteiger partial charge is 0.330 e. The van der Waals surface area contributed by atoms with Gasteiger partial charge in [-0.05, 0) is 55.3 Å². The minimum absolute atomic E-state index is 0.322. The van der Waals surface area contributed by atoms with Crippen LogP contribution in [0.1, 0.15) is 62.5 Å². The molecule has 1 amide bonds. The fourth-order valence-corrected chi connectivity index (χ4v) is 4.17. The lowest BCUT2D eigenvalue weighted by Gasteiger charge is -2.31. The molecule has 0 saturated heterocycles. The van der Waals surface area contributed by atoms with E-state index in [9.17, 15) is 4.79 Å². The maximum Gasteiger partial charge on any atom is 0.226 e. The summed E-state index contributed by atoms with van der Waals surface area (Å²) in [5.41, 5.74) is 9.42. The number of hydrogen-bond donors (Lipinski definition) is 1. The van der Waals surface area contributed by atoms with E-state index in [-0.39, 0.29) is 0 Å². The zero-order valence-electron chi connectivity index (χ0n) is 14.2. The fraction of sp³-hybridized carbons (Fsp3) is 0.650. The highest BCUT2D eigenvalue weighted by Crippen LogP contribution is 2.31. The monoisotopic (exact) mass is 314 g/mol. The van der Waals surface area contributed by atoms with E-state index >= 15 is 0 Å². The van der Waals surface area contributed by atoms with Crippen LogP contribution in [-0.2, 0) is 17.6 Å². The molecule has 0 radical (unpaired) electrons. The summed E-state index contributed by atoms with van der Waals surface area (Å²) in [5, 5.41) is 0. The molecule has 1 fully saturated rings. The first-order valence-electron chi connectivity index (χ1n) is 9.40. The number of fused-ring (bicyclic) bond motifs is 1. The Balaban J connectivity index is 1.63. The molecule has 1 saturated carbocycles. The summed E-state index contributed by atoms with van der Waals surface area (Å²) in [6, 6.07) is 6.53. The SMILES string of the molecule is NCCc1ccc2c(c1)CCCN2C(=O)CCC1CCCCC1. The normalized spacial score (nSPS) is 18.7.